The third kappa shape index (κ3) is 9.47. The van der Waals surface area contributed by atoms with Crippen molar-refractivity contribution in [3.63, 3.8) is 0 Å². The second-order valence-electron chi connectivity index (χ2n) is 11.2. The molecule has 4 aromatic carbocycles. The average molecular weight is 628 g/mol. The van der Waals surface area contributed by atoms with Crippen molar-refractivity contribution in [1.29, 1.82) is 0 Å². The molecule has 4 aromatic rings. The number of hydrogen-bond donors (Lipinski definition) is 0. The molecule has 0 bridgehead atoms. The molecule has 0 fully saturated rings. The van der Waals surface area contributed by atoms with Crippen molar-refractivity contribution in [3.05, 3.63) is 83.9 Å². The van der Waals surface area contributed by atoms with Gasteiger partial charge in [-0.15, -0.1) is 0 Å². The van der Waals surface area contributed by atoms with Gasteiger partial charge in [-0.1, -0.05) is 74.2 Å². The van der Waals surface area contributed by atoms with E-state index in [-0.39, 0.29) is 5.97 Å². The van der Waals surface area contributed by atoms with Crippen LogP contribution in [0.3, 0.4) is 0 Å². The zero-order valence-corrected chi connectivity index (χ0v) is 27.4. The van der Waals surface area contributed by atoms with E-state index in [0.717, 1.165) is 72.2 Å². The van der Waals surface area contributed by atoms with E-state index in [4.69, 9.17) is 23.7 Å². The fourth-order valence-electron chi connectivity index (χ4n) is 5.49. The number of carbonyl (C=O) groups excluding carboxylic acids is 2. The minimum absolute atomic E-state index is 0.253. The molecule has 244 valence electrons. The highest BCUT2D eigenvalue weighted by Gasteiger charge is 2.16. The molecule has 0 heterocycles. The van der Waals surface area contributed by atoms with Gasteiger partial charge in [0.25, 0.3) is 0 Å². The number of methoxy groups -OCH3 is 3. The highest BCUT2D eigenvalue weighted by molar-refractivity contribution is 6.16. The number of hydrogen-bond acceptors (Lipinski definition) is 8. The second-order valence-corrected chi connectivity index (χ2v) is 11.2. The van der Waals surface area contributed by atoms with Crippen molar-refractivity contribution in [2.24, 2.45) is 0 Å². The molecule has 0 atom stereocenters. The topological polar surface area (TPSA) is 83.5 Å². The molecule has 0 saturated carbocycles. The minimum atomic E-state index is -0.404. The fraction of sp³-hybridized carbons (Fsp3) is 0.368. The number of rotatable bonds is 18. The summed E-state index contributed by atoms with van der Waals surface area (Å²) in [5, 5.41) is 3.94. The molecule has 8 nitrogen and oxygen atoms in total. The van der Waals surface area contributed by atoms with Gasteiger partial charge in [0.05, 0.1) is 33.5 Å². The lowest BCUT2D eigenvalue weighted by Crippen LogP contribution is -2.25. The van der Waals surface area contributed by atoms with Crippen LogP contribution in [-0.4, -0.2) is 71.5 Å². The first kappa shape index (κ1) is 34.3. The Hall–Kier alpha value is -4.56. The Labute approximate surface area is 271 Å². The third-order valence-corrected chi connectivity index (χ3v) is 7.96. The largest absolute Gasteiger partial charge is 0.493 e. The van der Waals surface area contributed by atoms with Gasteiger partial charge in [0, 0.05) is 12.6 Å². The number of esters is 2. The van der Waals surface area contributed by atoms with Gasteiger partial charge in [0.2, 0.25) is 5.75 Å². The fourth-order valence-corrected chi connectivity index (χ4v) is 5.49. The van der Waals surface area contributed by atoms with E-state index in [0.29, 0.717) is 42.6 Å². The van der Waals surface area contributed by atoms with Crippen molar-refractivity contribution in [2.45, 2.75) is 38.5 Å². The number of ether oxygens (including phenoxy) is 5. The first-order chi connectivity index (χ1) is 22.4. The van der Waals surface area contributed by atoms with E-state index < -0.39 is 5.97 Å². The van der Waals surface area contributed by atoms with Gasteiger partial charge in [-0.3, -0.25) is 0 Å². The summed E-state index contributed by atoms with van der Waals surface area (Å²) in [5.74, 6) is 0.875. The normalized spacial score (nSPS) is 11.3. The van der Waals surface area contributed by atoms with E-state index in [1.54, 1.807) is 39.5 Å². The zero-order valence-electron chi connectivity index (χ0n) is 27.4. The van der Waals surface area contributed by atoms with Gasteiger partial charge in [0.1, 0.15) is 6.61 Å². The summed E-state index contributed by atoms with van der Waals surface area (Å²) >= 11 is 0. The summed E-state index contributed by atoms with van der Waals surface area (Å²) in [4.78, 5) is 27.5. The van der Waals surface area contributed by atoms with E-state index >= 15 is 0 Å². The molecular formula is C38H45NO7. The smallest absolute Gasteiger partial charge is 0.339 e. The maximum absolute atomic E-state index is 13.1. The lowest BCUT2D eigenvalue weighted by atomic mass is 9.97. The average Bonchev–Trinajstić information content (AvgIpc) is 3.08. The molecule has 4 rings (SSSR count). The highest BCUT2D eigenvalue weighted by atomic mass is 16.5. The van der Waals surface area contributed by atoms with Crippen LogP contribution in [0.2, 0.25) is 0 Å². The van der Waals surface area contributed by atoms with Crippen molar-refractivity contribution in [3.8, 4) is 17.2 Å². The summed E-state index contributed by atoms with van der Waals surface area (Å²) in [5.41, 5.74) is 1.39. The Morgan fingerprint density at radius 3 is 1.87 bits per heavy atom. The number of benzene rings is 4. The molecule has 0 unspecified atom stereocenters. The highest BCUT2D eigenvalue weighted by Crippen LogP contribution is 2.38. The van der Waals surface area contributed by atoms with E-state index in [9.17, 15) is 9.59 Å². The van der Waals surface area contributed by atoms with Gasteiger partial charge >= 0.3 is 11.9 Å². The molecule has 0 saturated heterocycles. The Bertz CT molecular complexity index is 1550. The molecule has 0 aliphatic rings. The zero-order chi connectivity index (χ0) is 32.7. The quantitative estimate of drug-likeness (QED) is 0.0480. The first-order valence-electron chi connectivity index (χ1n) is 15.9. The molecule has 0 amide bonds. The number of likely N-dealkylation sites (N-methyl/N-ethyl adjacent to an activating group) is 1. The van der Waals surface area contributed by atoms with Crippen LogP contribution in [0, 0.1) is 0 Å². The van der Waals surface area contributed by atoms with Crippen LogP contribution in [0.4, 0.5) is 0 Å². The predicted molar refractivity (Wildman–Crippen MR) is 183 cm³/mol. The van der Waals surface area contributed by atoms with Crippen LogP contribution in [0.15, 0.2) is 72.8 Å². The summed E-state index contributed by atoms with van der Waals surface area (Å²) in [7, 11) is 6.68. The maximum Gasteiger partial charge on any atom is 0.339 e. The van der Waals surface area contributed by atoms with Crippen LogP contribution in [0.25, 0.3) is 27.6 Å². The number of nitrogens with zero attached hydrogens (tertiary/aromatic N) is 1. The SMILES string of the molecule is COc1cc(/C=C/C(=O)OCCN(C)CCCCCCCCOC(=O)c2c3ccccc3cc3ccccc23)cc(OC)c1OC. The Morgan fingerprint density at radius 1 is 0.674 bits per heavy atom. The number of carbonyl (C=O) groups is 2. The summed E-state index contributed by atoms with van der Waals surface area (Å²) < 4.78 is 27.1. The molecule has 0 radical (unpaired) electrons. The maximum atomic E-state index is 13.1. The van der Waals surface area contributed by atoms with E-state index in [2.05, 4.69) is 11.0 Å². The minimum Gasteiger partial charge on any atom is -0.493 e. The number of unbranched alkanes of at least 4 members (excludes halogenated alkanes) is 5. The molecule has 8 heteroatoms. The van der Waals surface area contributed by atoms with E-state index in [1.807, 2.05) is 55.6 Å². The van der Waals surface area contributed by atoms with Crippen molar-refractivity contribution < 1.29 is 33.3 Å². The van der Waals surface area contributed by atoms with Crippen LogP contribution >= 0.6 is 0 Å². The van der Waals surface area contributed by atoms with Crippen molar-refractivity contribution in [2.75, 3.05) is 54.7 Å². The lowest BCUT2D eigenvalue weighted by Gasteiger charge is -2.16. The molecular weight excluding hydrogens is 582 g/mol. The predicted octanol–water partition coefficient (Wildman–Crippen LogP) is 7.70. The molecule has 46 heavy (non-hydrogen) atoms. The molecule has 0 N–H and O–H groups in total. The Balaban J connectivity index is 1.07. The summed E-state index contributed by atoms with van der Waals surface area (Å²) in [6.07, 6.45) is 9.39. The van der Waals surface area contributed by atoms with Gasteiger partial charge in [0.15, 0.2) is 11.5 Å². The molecule has 0 aliphatic heterocycles. The van der Waals surface area contributed by atoms with Gasteiger partial charge in [-0.2, -0.15) is 0 Å². The number of fused-ring (bicyclic) bond motifs is 2. The van der Waals surface area contributed by atoms with Crippen molar-refractivity contribution >= 4 is 39.6 Å². The molecule has 0 aliphatic carbocycles. The Morgan fingerprint density at radius 2 is 1.26 bits per heavy atom. The lowest BCUT2D eigenvalue weighted by molar-refractivity contribution is -0.138. The first-order valence-corrected chi connectivity index (χ1v) is 15.9. The molecule has 0 spiro atoms. The second kappa shape index (κ2) is 17.8. The van der Waals surface area contributed by atoms with Gasteiger partial charge < -0.3 is 28.6 Å². The van der Waals surface area contributed by atoms with E-state index in [1.165, 1.54) is 6.08 Å². The molecule has 0 aromatic heterocycles. The Kier molecular flexibility index (Phi) is 13.3. The standard InChI is InChI=1S/C38H45NO7/c1-39(22-24-45-35(40)20-19-28-25-33(42-2)37(44-4)34(26-28)43-3)21-13-7-5-6-8-14-23-46-38(41)36-31-17-11-9-15-29(31)27-30-16-10-12-18-32(30)36/h9-12,15-20,25-27H,5-8,13-14,21-24H2,1-4H3/b20-19+. The van der Waals surface area contributed by atoms with Gasteiger partial charge in [-0.05, 0) is 77.8 Å². The summed E-state index contributed by atoms with van der Waals surface area (Å²) in [6, 6.07) is 21.6. The van der Waals surface area contributed by atoms with Crippen LogP contribution < -0.4 is 14.2 Å². The third-order valence-electron chi connectivity index (χ3n) is 7.96. The van der Waals surface area contributed by atoms with Crippen LogP contribution in [0.5, 0.6) is 17.2 Å². The summed E-state index contributed by atoms with van der Waals surface area (Å²) in [6.45, 7) is 2.36. The monoisotopic (exact) mass is 627 g/mol. The van der Waals surface area contributed by atoms with Crippen molar-refractivity contribution in [1.82, 2.24) is 4.90 Å². The van der Waals surface area contributed by atoms with Crippen LogP contribution in [-0.2, 0) is 14.3 Å². The van der Waals surface area contributed by atoms with Gasteiger partial charge in [-0.25, -0.2) is 9.59 Å². The van der Waals surface area contributed by atoms with Crippen LogP contribution in [0.1, 0.15) is 54.4 Å².